The summed E-state index contributed by atoms with van der Waals surface area (Å²) in [5.41, 5.74) is 1.51. The van der Waals surface area contributed by atoms with Crippen molar-refractivity contribution in [2.75, 3.05) is 18.1 Å². The largest absolute Gasteiger partial charge is 0.491 e. The highest BCUT2D eigenvalue weighted by atomic mass is 19.1. The van der Waals surface area contributed by atoms with Gasteiger partial charge in [0.25, 0.3) is 5.91 Å². The Labute approximate surface area is 156 Å². The molecule has 3 amide bonds. The Hall–Kier alpha value is -2.93. The SMILES string of the molecule is Cc1ccc(OCC(O)CN2C(=O)C(C)N(c3ccc(F)cc3)C2=O)cc1. The standard InChI is InChI=1S/C20H21FN2O4/c1-13-3-9-18(10-4-13)27-12-17(24)11-22-19(25)14(2)23(20(22)26)16-7-5-15(21)6-8-16/h3-10,14,17,24H,11-12H2,1-2H3. The van der Waals surface area contributed by atoms with Gasteiger partial charge in [0.15, 0.2) is 0 Å². The van der Waals surface area contributed by atoms with Gasteiger partial charge in [-0.25, -0.2) is 9.18 Å². The van der Waals surface area contributed by atoms with Crippen LogP contribution in [-0.2, 0) is 4.79 Å². The van der Waals surface area contributed by atoms with Crippen molar-refractivity contribution in [2.45, 2.75) is 26.0 Å². The molecule has 27 heavy (non-hydrogen) atoms. The van der Waals surface area contributed by atoms with Crippen LogP contribution in [0.5, 0.6) is 5.75 Å². The summed E-state index contributed by atoms with van der Waals surface area (Å²) in [7, 11) is 0. The number of benzene rings is 2. The molecule has 6 nitrogen and oxygen atoms in total. The average Bonchev–Trinajstić information content (AvgIpc) is 2.86. The molecule has 2 atom stereocenters. The summed E-state index contributed by atoms with van der Waals surface area (Å²) in [6.45, 7) is 3.33. The Morgan fingerprint density at radius 3 is 2.37 bits per heavy atom. The number of aliphatic hydroxyl groups is 1. The molecule has 1 fully saturated rings. The van der Waals surface area contributed by atoms with Crippen LogP contribution in [0.4, 0.5) is 14.9 Å². The number of hydrogen-bond donors (Lipinski definition) is 1. The first-order valence-electron chi connectivity index (χ1n) is 8.64. The Kier molecular flexibility index (Phi) is 5.41. The van der Waals surface area contributed by atoms with Crippen molar-refractivity contribution < 1.29 is 23.8 Å². The molecule has 0 aromatic heterocycles. The molecule has 7 heteroatoms. The van der Waals surface area contributed by atoms with Gasteiger partial charge in [0, 0.05) is 5.69 Å². The second kappa shape index (κ2) is 7.75. The monoisotopic (exact) mass is 372 g/mol. The van der Waals surface area contributed by atoms with E-state index in [1.807, 2.05) is 19.1 Å². The molecule has 1 heterocycles. The van der Waals surface area contributed by atoms with E-state index in [9.17, 15) is 19.1 Å². The van der Waals surface area contributed by atoms with Gasteiger partial charge in [-0.3, -0.25) is 14.6 Å². The minimum absolute atomic E-state index is 0.0505. The minimum Gasteiger partial charge on any atom is -0.491 e. The predicted molar refractivity (Wildman–Crippen MR) is 98.1 cm³/mol. The molecule has 0 bridgehead atoms. The van der Waals surface area contributed by atoms with Gasteiger partial charge in [-0.1, -0.05) is 17.7 Å². The van der Waals surface area contributed by atoms with Crippen LogP contribution in [0.3, 0.4) is 0 Å². The van der Waals surface area contributed by atoms with E-state index in [4.69, 9.17) is 4.74 Å². The third-order valence-electron chi connectivity index (χ3n) is 4.41. The number of carbonyl (C=O) groups excluding carboxylic acids is 2. The van der Waals surface area contributed by atoms with Crippen LogP contribution in [0.25, 0.3) is 0 Å². The summed E-state index contributed by atoms with van der Waals surface area (Å²) in [6.07, 6.45) is -1.03. The molecule has 0 radical (unpaired) electrons. The van der Waals surface area contributed by atoms with Crippen molar-refractivity contribution in [1.29, 1.82) is 0 Å². The first-order valence-corrected chi connectivity index (χ1v) is 8.64. The zero-order valence-corrected chi connectivity index (χ0v) is 15.1. The molecular weight excluding hydrogens is 351 g/mol. The fourth-order valence-corrected chi connectivity index (χ4v) is 2.92. The second-order valence-corrected chi connectivity index (χ2v) is 6.53. The van der Waals surface area contributed by atoms with Crippen LogP contribution in [0.15, 0.2) is 48.5 Å². The Morgan fingerprint density at radius 2 is 1.74 bits per heavy atom. The normalized spacial score (nSPS) is 18.1. The van der Waals surface area contributed by atoms with E-state index >= 15 is 0 Å². The lowest BCUT2D eigenvalue weighted by atomic mass is 10.2. The summed E-state index contributed by atoms with van der Waals surface area (Å²) in [6, 6.07) is 11.4. The Balaban J connectivity index is 1.63. The molecule has 142 valence electrons. The van der Waals surface area contributed by atoms with Gasteiger partial charge in [-0.15, -0.1) is 0 Å². The maximum absolute atomic E-state index is 13.1. The lowest BCUT2D eigenvalue weighted by molar-refractivity contribution is -0.128. The Morgan fingerprint density at radius 1 is 1.11 bits per heavy atom. The predicted octanol–water partition coefficient (Wildman–Crippen LogP) is 2.73. The number of halogens is 1. The third kappa shape index (κ3) is 4.09. The van der Waals surface area contributed by atoms with E-state index in [1.165, 1.54) is 29.2 Å². The molecule has 1 aliphatic heterocycles. The highest BCUT2D eigenvalue weighted by Crippen LogP contribution is 2.26. The van der Waals surface area contributed by atoms with Crippen LogP contribution in [0.2, 0.25) is 0 Å². The molecule has 2 unspecified atom stereocenters. The van der Waals surface area contributed by atoms with E-state index < -0.39 is 29.9 Å². The van der Waals surface area contributed by atoms with Crippen LogP contribution in [0, 0.1) is 12.7 Å². The number of aliphatic hydroxyl groups excluding tert-OH is 1. The number of anilines is 1. The van der Waals surface area contributed by atoms with Gasteiger partial charge < -0.3 is 9.84 Å². The molecule has 0 spiro atoms. The van der Waals surface area contributed by atoms with Crippen molar-refractivity contribution in [1.82, 2.24) is 4.90 Å². The van der Waals surface area contributed by atoms with Gasteiger partial charge in [0.05, 0.1) is 6.54 Å². The van der Waals surface area contributed by atoms with E-state index in [0.717, 1.165) is 10.5 Å². The van der Waals surface area contributed by atoms with Gasteiger partial charge in [-0.05, 0) is 50.2 Å². The summed E-state index contributed by atoms with van der Waals surface area (Å²) >= 11 is 0. The number of urea groups is 1. The van der Waals surface area contributed by atoms with E-state index in [2.05, 4.69) is 0 Å². The zero-order chi connectivity index (χ0) is 19.6. The van der Waals surface area contributed by atoms with Crippen molar-refractivity contribution in [3.8, 4) is 5.75 Å². The molecule has 1 N–H and O–H groups in total. The number of hydrogen-bond acceptors (Lipinski definition) is 4. The smallest absolute Gasteiger partial charge is 0.332 e. The highest BCUT2D eigenvalue weighted by Gasteiger charge is 2.43. The van der Waals surface area contributed by atoms with E-state index in [0.29, 0.717) is 11.4 Å². The minimum atomic E-state index is -1.03. The first kappa shape index (κ1) is 18.8. The molecule has 1 aliphatic rings. The number of β-amino-alcohol motifs (C(OH)–C–C–N with tert-alkyl or cyclic N) is 1. The van der Waals surface area contributed by atoms with Gasteiger partial charge in [-0.2, -0.15) is 0 Å². The van der Waals surface area contributed by atoms with Crippen molar-refractivity contribution in [2.24, 2.45) is 0 Å². The molecule has 1 saturated heterocycles. The topological polar surface area (TPSA) is 70.1 Å². The number of imide groups is 1. The summed E-state index contributed by atoms with van der Waals surface area (Å²) < 4.78 is 18.6. The van der Waals surface area contributed by atoms with Crippen LogP contribution >= 0.6 is 0 Å². The van der Waals surface area contributed by atoms with E-state index in [1.54, 1.807) is 19.1 Å². The van der Waals surface area contributed by atoms with Crippen LogP contribution in [0.1, 0.15) is 12.5 Å². The lowest BCUT2D eigenvalue weighted by Crippen LogP contribution is -2.40. The zero-order valence-electron chi connectivity index (χ0n) is 15.1. The molecule has 0 saturated carbocycles. The molecule has 3 rings (SSSR count). The summed E-state index contributed by atoms with van der Waals surface area (Å²) in [4.78, 5) is 27.4. The van der Waals surface area contributed by atoms with Crippen molar-refractivity contribution in [3.63, 3.8) is 0 Å². The second-order valence-electron chi connectivity index (χ2n) is 6.53. The number of amides is 3. The van der Waals surface area contributed by atoms with Gasteiger partial charge in [0.2, 0.25) is 0 Å². The number of rotatable bonds is 6. The van der Waals surface area contributed by atoms with Gasteiger partial charge in [0.1, 0.15) is 30.3 Å². The van der Waals surface area contributed by atoms with Crippen molar-refractivity contribution >= 4 is 17.6 Å². The summed E-state index contributed by atoms with van der Waals surface area (Å²) in [5.74, 6) is -0.247. The van der Waals surface area contributed by atoms with Crippen LogP contribution < -0.4 is 9.64 Å². The molecular formula is C20H21FN2O4. The van der Waals surface area contributed by atoms with Crippen molar-refractivity contribution in [3.05, 3.63) is 59.9 Å². The average molecular weight is 372 g/mol. The molecule has 2 aromatic carbocycles. The number of ether oxygens (including phenoxy) is 1. The first-order chi connectivity index (χ1) is 12.9. The van der Waals surface area contributed by atoms with E-state index in [-0.39, 0.29) is 13.2 Å². The fraction of sp³-hybridized carbons (Fsp3) is 0.300. The fourth-order valence-electron chi connectivity index (χ4n) is 2.92. The van der Waals surface area contributed by atoms with Crippen LogP contribution in [-0.4, -0.2) is 47.2 Å². The van der Waals surface area contributed by atoms with Gasteiger partial charge >= 0.3 is 6.03 Å². The molecule has 0 aliphatic carbocycles. The number of nitrogens with zero attached hydrogens (tertiary/aromatic N) is 2. The summed E-state index contributed by atoms with van der Waals surface area (Å²) in [5, 5.41) is 10.2. The quantitative estimate of drug-likeness (QED) is 0.792. The maximum Gasteiger partial charge on any atom is 0.332 e. The highest BCUT2D eigenvalue weighted by molar-refractivity contribution is 6.14. The Bertz CT molecular complexity index is 823. The third-order valence-corrected chi connectivity index (χ3v) is 4.41. The maximum atomic E-state index is 13.1. The molecule has 2 aromatic rings. The number of carbonyl (C=O) groups is 2. The number of aryl methyl sites for hydroxylation is 1. The lowest BCUT2D eigenvalue weighted by Gasteiger charge is -2.20.